The number of carbonyl (C=O) groups is 1. The largest absolute Gasteiger partial charge is 0.381 e. The first kappa shape index (κ1) is 9.46. The summed E-state index contributed by atoms with van der Waals surface area (Å²) in [5.41, 5.74) is 0. The van der Waals surface area contributed by atoms with Gasteiger partial charge in [0.2, 0.25) is 5.91 Å². The summed E-state index contributed by atoms with van der Waals surface area (Å²) in [5.74, 6) is 0.263. The molecule has 0 bridgehead atoms. The van der Waals surface area contributed by atoms with Crippen molar-refractivity contribution < 1.29 is 9.53 Å². The van der Waals surface area contributed by atoms with Gasteiger partial charge in [-0.15, -0.1) is 0 Å². The highest BCUT2D eigenvalue weighted by Crippen LogP contribution is 2.32. The van der Waals surface area contributed by atoms with Crippen LogP contribution in [0.25, 0.3) is 0 Å². The van der Waals surface area contributed by atoms with E-state index in [2.05, 4.69) is 15.9 Å². The Hall–Kier alpha value is -0.0900. The molecule has 1 saturated heterocycles. The maximum absolute atomic E-state index is 11.6. The van der Waals surface area contributed by atoms with Gasteiger partial charge in [0.15, 0.2) is 0 Å². The Bertz CT molecular complexity index is 216. The van der Waals surface area contributed by atoms with Crippen LogP contribution in [0.4, 0.5) is 0 Å². The monoisotopic (exact) mass is 247 g/mol. The Labute approximate surface area is 86.5 Å². The molecule has 1 amide bonds. The number of amides is 1. The Morgan fingerprint density at radius 1 is 1.54 bits per heavy atom. The van der Waals surface area contributed by atoms with Gasteiger partial charge in [-0.3, -0.25) is 4.79 Å². The van der Waals surface area contributed by atoms with Crippen LogP contribution in [0.15, 0.2) is 0 Å². The summed E-state index contributed by atoms with van der Waals surface area (Å²) in [6.45, 7) is 0.913. The van der Waals surface area contributed by atoms with Gasteiger partial charge in [-0.1, -0.05) is 15.9 Å². The molecule has 74 valence electrons. The van der Waals surface area contributed by atoms with E-state index in [9.17, 15) is 4.79 Å². The number of hydrogen-bond donors (Lipinski definition) is 0. The van der Waals surface area contributed by atoms with Crippen LogP contribution in [0.3, 0.4) is 0 Å². The fraction of sp³-hybridized carbons (Fsp3) is 0.889. The van der Waals surface area contributed by atoms with Gasteiger partial charge < -0.3 is 9.64 Å². The summed E-state index contributed by atoms with van der Waals surface area (Å²) in [4.78, 5) is 13.6. The molecular formula is C9H14BrNO2. The van der Waals surface area contributed by atoms with Gasteiger partial charge in [0.1, 0.15) is 0 Å². The third-order valence-corrected chi connectivity index (χ3v) is 3.87. The predicted octanol–water partition coefficient (Wildman–Crippen LogP) is 1.16. The normalized spacial score (nSPS) is 39.4. The summed E-state index contributed by atoms with van der Waals surface area (Å²) in [6, 6.07) is 0.444. The summed E-state index contributed by atoms with van der Waals surface area (Å²) in [6.07, 6.45) is 3.36. The number of nitrogens with zero attached hydrogens (tertiary/aromatic N) is 1. The molecule has 0 radical (unpaired) electrons. The quantitative estimate of drug-likeness (QED) is 0.686. The average molecular weight is 248 g/mol. The second-order valence-electron chi connectivity index (χ2n) is 3.77. The topological polar surface area (TPSA) is 29.5 Å². The van der Waals surface area contributed by atoms with Gasteiger partial charge in [0, 0.05) is 19.7 Å². The van der Waals surface area contributed by atoms with Crippen molar-refractivity contribution in [2.24, 2.45) is 0 Å². The summed E-state index contributed by atoms with van der Waals surface area (Å²) in [5, 5.41) is 0. The van der Waals surface area contributed by atoms with E-state index in [1.807, 2.05) is 4.90 Å². The van der Waals surface area contributed by atoms with Gasteiger partial charge in [-0.25, -0.2) is 0 Å². The summed E-state index contributed by atoms with van der Waals surface area (Å²) >= 11 is 3.38. The van der Waals surface area contributed by atoms with Crippen molar-refractivity contribution >= 4 is 21.8 Å². The van der Waals surface area contributed by atoms with Crippen LogP contribution in [0, 0.1) is 0 Å². The molecule has 13 heavy (non-hydrogen) atoms. The first-order valence-corrected chi connectivity index (χ1v) is 5.61. The zero-order chi connectivity index (χ0) is 9.42. The van der Waals surface area contributed by atoms with E-state index in [-0.39, 0.29) is 10.7 Å². The van der Waals surface area contributed by atoms with E-state index in [4.69, 9.17) is 4.74 Å². The Morgan fingerprint density at radius 2 is 2.23 bits per heavy atom. The SMILES string of the molecule is COC1CC(N2CCC(Br)C2=O)C1. The lowest BCUT2D eigenvalue weighted by atomic mass is 9.88. The van der Waals surface area contributed by atoms with Gasteiger partial charge in [0.25, 0.3) is 0 Å². The molecule has 1 aliphatic carbocycles. The molecule has 1 atom stereocenters. The smallest absolute Gasteiger partial charge is 0.236 e. The van der Waals surface area contributed by atoms with Gasteiger partial charge >= 0.3 is 0 Å². The first-order valence-electron chi connectivity index (χ1n) is 4.69. The molecule has 2 rings (SSSR count). The van der Waals surface area contributed by atoms with E-state index in [1.165, 1.54) is 0 Å². The van der Waals surface area contributed by atoms with Gasteiger partial charge in [-0.05, 0) is 19.3 Å². The molecule has 2 aliphatic rings. The zero-order valence-corrected chi connectivity index (χ0v) is 9.29. The maximum atomic E-state index is 11.6. The molecule has 1 heterocycles. The highest BCUT2D eigenvalue weighted by molar-refractivity contribution is 9.10. The fourth-order valence-electron chi connectivity index (χ4n) is 2.01. The Morgan fingerprint density at radius 3 is 2.69 bits per heavy atom. The van der Waals surface area contributed by atoms with Crippen LogP contribution in [-0.4, -0.2) is 41.4 Å². The lowest BCUT2D eigenvalue weighted by Gasteiger charge is -2.40. The zero-order valence-electron chi connectivity index (χ0n) is 7.70. The number of rotatable bonds is 2. The summed E-state index contributed by atoms with van der Waals surface area (Å²) in [7, 11) is 1.74. The van der Waals surface area contributed by atoms with Crippen molar-refractivity contribution in [3.05, 3.63) is 0 Å². The van der Waals surface area contributed by atoms with Gasteiger partial charge in [-0.2, -0.15) is 0 Å². The number of alkyl halides is 1. The van der Waals surface area contributed by atoms with Crippen LogP contribution < -0.4 is 0 Å². The van der Waals surface area contributed by atoms with Crippen LogP contribution in [-0.2, 0) is 9.53 Å². The molecule has 1 unspecified atom stereocenters. The molecule has 0 aromatic heterocycles. The highest BCUT2D eigenvalue weighted by atomic mass is 79.9. The van der Waals surface area contributed by atoms with E-state index in [1.54, 1.807) is 7.11 Å². The Balaban J connectivity index is 1.87. The van der Waals surface area contributed by atoms with Crippen molar-refractivity contribution in [3.8, 4) is 0 Å². The number of carbonyl (C=O) groups excluding carboxylic acids is 1. The summed E-state index contributed by atoms with van der Waals surface area (Å²) < 4.78 is 5.19. The number of methoxy groups -OCH3 is 1. The highest BCUT2D eigenvalue weighted by Gasteiger charge is 2.40. The minimum absolute atomic E-state index is 0.0640. The number of ether oxygens (including phenoxy) is 1. The van der Waals surface area contributed by atoms with Crippen molar-refractivity contribution in [2.45, 2.75) is 36.2 Å². The molecule has 2 fully saturated rings. The van der Waals surface area contributed by atoms with Crippen molar-refractivity contribution in [2.75, 3.05) is 13.7 Å². The number of halogens is 1. The van der Waals surface area contributed by atoms with E-state index in [0.29, 0.717) is 12.1 Å². The van der Waals surface area contributed by atoms with E-state index >= 15 is 0 Å². The molecule has 0 aromatic carbocycles. The van der Waals surface area contributed by atoms with Crippen LogP contribution in [0.2, 0.25) is 0 Å². The second-order valence-corrected chi connectivity index (χ2v) is 4.88. The lowest BCUT2D eigenvalue weighted by molar-refractivity contribution is -0.133. The van der Waals surface area contributed by atoms with E-state index < -0.39 is 0 Å². The predicted molar refractivity (Wildman–Crippen MR) is 52.9 cm³/mol. The first-order chi connectivity index (χ1) is 6.22. The second kappa shape index (κ2) is 3.58. The molecule has 4 heteroatoms. The maximum Gasteiger partial charge on any atom is 0.236 e. The third kappa shape index (κ3) is 1.62. The van der Waals surface area contributed by atoms with Crippen LogP contribution in [0.1, 0.15) is 19.3 Å². The number of hydrogen-bond acceptors (Lipinski definition) is 2. The molecule has 1 aliphatic heterocycles. The van der Waals surface area contributed by atoms with E-state index in [0.717, 1.165) is 25.8 Å². The molecular weight excluding hydrogens is 234 g/mol. The van der Waals surface area contributed by atoms with Gasteiger partial charge in [0.05, 0.1) is 10.9 Å². The standard InChI is InChI=1S/C9H14BrNO2/c1-13-7-4-6(5-7)11-3-2-8(10)9(11)12/h6-8H,2-5H2,1H3. The minimum Gasteiger partial charge on any atom is -0.381 e. The Kier molecular flexibility index (Phi) is 2.60. The van der Waals surface area contributed by atoms with Crippen molar-refractivity contribution in [1.29, 1.82) is 0 Å². The molecule has 0 aromatic rings. The number of likely N-dealkylation sites (tertiary alicyclic amines) is 1. The average Bonchev–Trinajstić information content (AvgIpc) is 2.34. The molecule has 3 nitrogen and oxygen atoms in total. The molecule has 0 N–H and O–H groups in total. The molecule has 1 saturated carbocycles. The van der Waals surface area contributed by atoms with Crippen molar-refractivity contribution in [1.82, 2.24) is 4.90 Å². The lowest BCUT2D eigenvalue weighted by Crippen LogP contribution is -2.48. The van der Waals surface area contributed by atoms with Crippen molar-refractivity contribution in [3.63, 3.8) is 0 Å². The third-order valence-electron chi connectivity index (χ3n) is 3.02. The van der Waals surface area contributed by atoms with Crippen LogP contribution >= 0.6 is 15.9 Å². The fourth-order valence-corrected chi connectivity index (χ4v) is 2.48. The van der Waals surface area contributed by atoms with Crippen LogP contribution in [0.5, 0.6) is 0 Å². The molecule has 0 spiro atoms. The minimum atomic E-state index is 0.0640.